The lowest BCUT2D eigenvalue weighted by Crippen LogP contribution is -2.16. The van der Waals surface area contributed by atoms with Gasteiger partial charge in [-0.1, -0.05) is 19.9 Å². The summed E-state index contributed by atoms with van der Waals surface area (Å²) >= 11 is 1.80. The Kier molecular flexibility index (Phi) is 3.09. The van der Waals surface area contributed by atoms with Crippen molar-refractivity contribution in [3.8, 4) is 0 Å². The van der Waals surface area contributed by atoms with E-state index in [1.165, 1.54) is 4.88 Å². The lowest BCUT2D eigenvalue weighted by molar-refractivity contribution is 0.513. The van der Waals surface area contributed by atoms with Gasteiger partial charge in [-0.15, -0.1) is 11.3 Å². The standard InChI is InChI=1S/C9H15NS/c1-7(2)8(6-10)9-4-3-5-11-9/h3-5,7-8H,6,10H2,1-2H3. The van der Waals surface area contributed by atoms with Crippen LogP contribution in [0.2, 0.25) is 0 Å². The number of hydrogen-bond donors (Lipinski definition) is 1. The number of rotatable bonds is 3. The van der Waals surface area contributed by atoms with E-state index in [1.54, 1.807) is 11.3 Å². The molecular weight excluding hydrogens is 154 g/mol. The van der Waals surface area contributed by atoms with E-state index in [1.807, 2.05) is 0 Å². The monoisotopic (exact) mass is 169 g/mol. The molecule has 1 atom stereocenters. The fourth-order valence-electron chi connectivity index (χ4n) is 1.22. The molecule has 1 rings (SSSR count). The predicted molar refractivity (Wildman–Crippen MR) is 51.0 cm³/mol. The maximum atomic E-state index is 5.67. The minimum atomic E-state index is 0.551. The fourth-order valence-corrected chi connectivity index (χ4v) is 2.23. The second kappa shape index (κ2) is 3.88. The quantitative estimate of drug-likeness (QED) is 0.739. The molecule has 1 nitrogen and oxygen atoms in total. The molecule has 1 aromatic heterocycles. The van der Waals surface area contributed by atoms with Gasteiger partial charge in [-0.05, 0) is 17.4 Å². The van der Waals surface area contributed by atoms with Crippen LogP contribution in [0.3, 0.4) is 0 Å². The molecule has 0 radical (unpaired) electrons. The Morgan fingerprint density at radius 1 is 1.55 bits per heavy atom. The van der Waals surface area contributed by atoms with E-state index in [9.17, 15) is 0 Å². The zero-order valence-electron chi connectivity index (χ0n) is 7.08. The molecule has 2 N–H and O–H groups in total. The molecule has 0 bridgehead atoms. The van der Waals surface area contributed by atoms with Crippen LogP contribution in [0.1, 0.15) is 24.6 Å². The van der Waals surface area contributed by atoms with Gasteiger partial charge in [-0.25, -0.2) is 0 Å². The van der Waals surface area contributed by atoms with E-state index in [-0.39, 0.29) is 0 Å². The van der Waals surface area contributed by atoms with Crippen molar-refractivity contribution in [3.63, 3.8) is 0 Å². The topological polar surface area (TPSA) is 26.0 Å². The van der Waals surface area contributed by atoms with E-state index in [4.69, 9.17) is 5.73 Å². The van der Waals surface area contributed by atoms with Gasteiger partial charge in [0.2, 0.25) is 0 Å². The van der Waals surface area contributed by atoms with E-state index >= 15 is 0 Å². The zero-order chi connectivity index (χ0) is 8.27. The summed E-state index contributed by atoms with van der Waals surface area (Å²) in [5.74, 6) is 1.20. The smallest absolute Gasteiger partial charge is 0.00913 e. The Morgan fingerprint density at radius 3 is 2.64 bits per heavy atom. The molecule has 0 amide bonds. The van der Waals surface area contributed by atoms with E-state index < -0.39 is 0 Å². The third-order valence-corrected chi connectivity index (χ3v) is 2.97. The molecule has 1 aromatic rings. The van der Waals surface area contributed by atoms with Crippen molar-refractivity contribution >= 4 is 11.3 Å². The first kappa shape index (κ1) is 8.75. The number of hydrogen-bond acceptors (Lipinski definition) is 2. The Labute approximate surface area is 72.2 Å². The van der Waals surface area contributed by atoms with E-state index in [2.05, 4.69) is 31.4 Å². The molecule has 0 saturated carbocycles. The van der Waals surface area contributed by atoms with Crippen LogP contribution in [0.15, 0.2) is 17.5 Å². The minimum Gasteiger partial charge on any atom is -0.330 e. The summed E-state index contributed by atoms with van der Waals surface area (Å²) < 4.78 is 0. The average molecular weight is 169 g/mol. The Hall–Kier alpha value is -0.340. The summed E-state index contributed by atoms with van der Waals surface area (Å²) in [5, 5.41) is 2.11. The van der Waals surface area contributed by atoms with E-state index in [0.29, 0.717) is 11.8 Å². The van der Waals surface area contributed by atoms with Crippen LogP contribution in [0.25, 0.3) is 0 Å². The van der Waals surface area contributed by atoms with Crippen LogP contribution in [0.5, 0.6) is 0 Å². The summed E-state index contributed by atoms with van der Waals surface area (Å²) in [6.45, 7) is 5.20. The normalized spacial score (nSPS) is 13.8. The molecule has 0 aliphatic heterocycles. The Morgan fingerprint density at radius 2 is 2.27 bits per heavy atom. The third-order valence-electron chi connectivity index (χ3n) is 1.97. The molecule has 1 heterocycles. The maximum Gasteiger partial charge on any atom is 0.00913 e. The lowest BCUT2D eigenvalue weighted by atomic mass is 9.95. The largest absolute Gasteiger partial charge is 0.330 e. The average Bonchev–Trinajstić information content (AvgIpc) is 2.40. The maximum absolute atomic E-state index is 5.67. The summed E-state index contributed by atoms with van der Waals surface area (Å²) in [5.41, 5.74) is 5.67. The van der Waals surface area contributed by atoms with Gasteiger partial charge in [0.05, 0.1) is 0 Å². The summed E-state index contributed by atoms with van der Waals surface area (Å²) in [4.78, 5) is 1.42. The summed E-state index contributed by atoms with van der Waals surface area (Å²) in [7, 11) is 0. The van der Waals surface area contributed by atoms with Crippen molar-refractivity contribution < 1.29 is 0 Å². The second-order valence-electron chi connectivity index (χ2n) is 3.10. The van der Waals surface area contributed by atoms with Crippen molar-refractivity contribution in [2.45, 2.75) is 19.8 Å². The highest BCUT2D eigenvalue weighted by Crippen LogP contribution is 2.26. The van der Waals surface area contributed by atoms with Crippen molar-refractivity contribution in [2.24, 2.45) is 11.7 Å². The van der Waals surface area contributed by atoms with Gasteiger partial charge in [0.1, 0.15) is 0 Å². The van der Waals surface area contributed by atoms with Crippen molar-refractivity contribution in [3.05, 3.63) is 22.4 Å². The lowest BCUT2D eigenvalue weighted by Gasteiger charge is -2.16. The van der Waals surface area contributed by atoms with Crippen LogP contribution in [0, 0.1) is 5.92 Å². The van der Waals surface area contributed by atoms with Gasteiger partial charge in [-0.2, -0.15) is 0 Å². The van der Waals surface area contributed by atoms with Gasteiger partial charge in [0, 0.05) is 17.3 Å². The van der Waals surface area contributed by atoms with Gasteiger partial charge in [0.15, 0.2) is 0 Å². The zero-order valence-corrected chi connectivity index (χ0v) is 7.90. The first-order valence-electron chi connectivity index (χ1n) is 3.99. The highest BCUT2D eigenvalue weighted by atomic mass is 32.1. The van der Waals surface area contributed by atoms with Crippen molar-refractivity contribution in [1.82, 2.24) is 0 Å². The Bertz CT molecular complexity index is 191. The molecule has 0 aromatic carbocycles. The van der Waals surface area contributed by atoms with E-state index in [0.717, 1.165) is 6.54 Å². The number of nitrogens with two attached hydrogens (primary N) is 1. The second-order valence-corrected chi connectivity index (χ2v) is 4.08. The highest BCUT2D eigenvalue weighted by molar-refractivity contribution is 7.10. The van der Waals surface area contributed by atoms with Crippen LogP contribution in [-0.4, -0.2) is 6.54 Å². The van der Waals surface area contributed by atoms with Crippen LogP contribution in [-0.2, 0) is 0 Å². The third kappa shape index (κ3) is 2.04. The van der Waals surface area contributed by atoms with Crippen molar-refractivity contribution in [2.75, 3.05) is 6.54 Å². The van der Waals surface area contributed by atoms with Crippen molar-refractivity contribution in [1.29, 1.82) is 0 Å². The van der Waals surface area contributed by atoms with Gasteiger partial charge in [0.25, 0.3) is 0 Å². The summed E-state index contributed by atoms with van der Waals surface area (Å²) in [6, 6.07) is 4.26. The predicted octanol–water partition coefficient (Wildman–Crippen LogP) is 2.45. The Balaban J connectivity index is 2.71. The van der Waals surface area contributed by atoms with Crippen LogP contribution >= 0.6 is 11.3 Å². The molecule has 0 aliphatic rings. The fraction of sp³-hybridized carbons (Fsp3) is 0.556. The van der Waals surface area contributed by atoms with Crippen LogP contribution < -0.4 is 5.73 Å². The number of thiophene rings is 1. The first-order valence-corrected chi connectivity index (χ1v) is 4.87. The molecule has 62 valence electrons. The SMILES string of the molecule is CC(C)C(CN)c1cccs1. The van der Waals surface area contributed by atoms with Gasteiger partial charge in [-0.3, -0.25) is 0 Å². The molecule has 0 fully saturated rings. The highest BCUT2D eigenvalue weighted by Gasteiger charge is 2.13. The minimum absolute atomic E-state index is 0.551. The summed E-state index contributed by atoms with van der Waals surface area (Å²) in [6.07, 6.45) is 0. The molecule has 0 saturated heterocycles. The molecule has 2 heteroatoms. The molecule has 1 unspecified atom stereocenters. The van der Waals surface area contributed by atoms with Gasteiger partial charge >= 0.3 is 0 Å². The molecule has 0 spiro atoms. The van der Waals surface area contributed by atoms with Crippen LogP contribution in [0.4, 0.5) is 0 Å². The van der Waals surface area contributed by atoms with Gasteiger partial charge < -0.3 is 5.73 Å². The molecule has 11 heavy (non-hydrogen) atoms. The molecule has 0 aliphatic carbocycles. The molecular formula is C9H15NS. The first-order chi connectivity index (χ1) is 5.25.